The molecule has 2 aromatic carbocycles. The van der Waals surface area contributed by atoms with Crippen molar-refractivity contribution in [3.05, 3.63) is 77.4 Å². The van der Waals surface area contributed by atoms with Crippen LogP contribution in [0.5, 0.6) is 0 Å². The summed E-state index contributed by atoms with van der Waals surface area (Å²) in [6.45, 7) is 5.75. The molecule has 0 saturated heterocycles. The van der Waals surface area contributed by atoms with Crippen molar-refractivity contribution >= 4 is 34.8 Å². The van der Waals surface area contributed by atoms with E-state index in [1.807, 2.05) is 48.5 Å². The van der Waals surface area contributed by atoms with Crippen molar-refractivity contribution < 1.29 is 19.1 Å². The minimum Gasteiger partial charge on any atom is -0.444 e. The predicted octanol–water partition coefficient (Wildman–Crippen LogP) is 4.03. The number of carbonyl (C=O) groups is 3. The van der Waals surface area contributed by atoms with Crippen LogP contribution < -0.4 is 10.6 Å². The minimum absolute atomic E-state index is 0.0466. The van der Waals surface area contributed by atoms with Crippen molar-refractivity contribution in [3.8, 4) is 0 Å². The summed E-state index contributed by atoms with van der Waals surface area (Å²) in [7, 11) is 0. The highest BCUT2D eigenvalue weighted by molar-refractivity contribution is 6.10. The zero-order valence-electron chi connectivity index (χ0n) is 20.3. The van der Waals surface area contributed by atoms with Crippen LogP contribution in [0, 0.1) is 0 Å². The van der Waals surface area contributed by atoms with Crippen molar-refractivity contribution in [1.82, 2.24) is 25.3 Å². The molecule has 0 atom stereocenters. The number of nitrogens with one attached hydrogen (secondary N) is 4. The molecule has 2 heterocycles. The van der Waals surface area contributed by atoms with Gasteiger partial charge in [-0.2, -0.15) is 0 Å². The molecule has 10 nitrogen and oxygen atoms in total. The summed E-state index contributed by atoms with van der Waals surface area (Å²) >= 11 is 0. The van der Waals surface area contributed by atoms with Crippen molar-refractivity contribution in [2.45, 2.75) is 39.2 Å². The zero-order valence-corrected chi connectivity index (χ0v) is 20.3. The van der Waals surface area contributed by atoms with Crippen LogP contribution in [0.3, 0.4) is 0 Å². The first kappa shape index (κ1) is 24.6. The molecular weight excluding hydrogens is 460 g/mol. The Labute approximate surface area is 207 Å². The lowest BCUT2D eigenvalue weighted by Crippen LogP contribution is -2.33. The smallest absolute Gasteiger partial charge is 0.407 e. The summed E-state index contributed by atoms with van der Waals surface area (Å²) in [6, 6.07) is 14.9. The molecule has 4 rings (SSSR count). The third kappa shape index (κ3) is 6.15. The van der Waals surface area contributed by atoms with Gasteiger partial charge in [0.2, 0.25) is 5.95 Å². The van der Waals surface area contributed by atoms with Crippen LogP contribution in [0.1, 0.15) is 52.9 Å². The fraction of sp³-hybridized carbons (Fsp3) is 0.269. The lowest BCUT2D eigenvalue weighted by Gasteiger charge is -2.19. The SMILES string of the molecule is CC(C)(C)OC(=O)NCCc1ccccc1CC(=O)c1nc[nH]c1C(=O)Nc1nc2ccccc2[nH]1. The number of anilines is 1. The Morgan fingerprint density at radius 2 is 1.72 bits per heavy atom. The molecule has 2 amide bonds. The number of aromatic nitrogens is 4. The van der Waals surface area contributed by atoms with Crippen LogP contribution in [-0.4, -0.2) is 49.9 Å². The number of imidazole rings is 2. The van der Waals surface area contributed by atoms with Crippen molar-refractivity contribution in [3.63, 3.8) is 0 Å². The number of hydrogen-bond acceptors (Lipinski definition) is 6. The molecule has 0 aliphatic carbocycles. The van der Waals surface area contributed by atoms with E-state index >= 15 is 0 Å². The van der Waals surface area contributed by atoms with Gasteiger partial charge in [-0.05, 0) is 50.5 Å². The van der Waals surface area contributed by atoms with Crippen LogP contribution >= 0.6 is 0 Å². The summed E-state index contributed by atoms with van der Waals surface area (Å²) < 4.78 is 5.25. The number of alkyl carbamates (subject to hydrolysis) is 1. The molecule has 186 valence electrons. The number of amides is 2. The molecule has 0 radical (unpaired) electrons. The number of ether oxygens (including phenoxy) is 1. The molecule has 4 aromatic rings. The Balaban J connectivity index is 1.41. The fourth-order valence-corrected chi connectivity index (χ4v) is 3.70. The van der Waals surface area contributed by atoms with Gasteiger partial charge in [0.25, 0.3) is 5.91 Å². The van der Waals surface area contributed by atoms with E-state index in [-0.39, 0.29) is 29.5 Å². The van der Waals surface area contributed by atoms with E-state index in [0.29, 0.717) is 18.5 Å². The van der Waals surface area contributed by atoms with Gasteiger partial charge in [-0.3, -0.25) is 14.9 Å². The van der Waals surface area contributed by atoms with Gasteiger partial charge in [0.1, 0.15) is 17.0 Å². The molecule has 0 aliphatic heterocycles. The lowest BCUT2D eigenvalue weighted by molar-refractivity contribution is 0.0528. The summed E-state index contributed by atoms with van der Waals surface area (Å²) in [5.74, 6) is -0.555. The number of H-pyrrole nitrogens is 2. The number of Topliss-reactive ketones (excluding diaryl/α,β-unsaturated/α-hetero) is 1. The van der Waals surface area contributed by atoms with Crippen molar-refractivity contribution in [2.75, 3.05) is 11.9 Å². The second kappa shape index (κ2) is 10.4. The average molecular weight is 489 g/mol. The first-order chi connectivity index (χ1) is 17.2. The molecule has 0 saturated carbocycles. The van der Waals surface area contributed by atoms with Gasteiger partial charge >= 0.3 is 6.09 Å². The van der Waals surface area contributed by atoms with Crippen LogP contribution in [0.4, 0.5) is 10.7 Å². The highest BCUT2D eigenvalue weighted by Gasteiger charge is 2.22. The van der Waals surface area contributed by atoms with E-state index in [1.165, 1.54) is 6.33 Å². The van der Waals surface area contributed by atoms with Crippen molar-refractivity contribution in [2.24, 2.45) is 0 Å². The largest absolute Gasteiger partial charge is 0.444 e. The molecule has 10 heteroatoms. The van der Waals surface area contributed by atoms with Gasteiger partial charge < -0.3 is 20.0 Å². The quantitative estimate of drug-likeness (QED) is 0.276. The maximum atomic E-state index is 13.1. The normalized spacial score (nSPS) is 11.3. The highest BCUT2D eigenvalue weighted by atomic mass is 16.6. The molecule has 0 spiro atoms. The van der Waals surface area contributed by atoms with E-state index in [0.717, 1.165) is 16.6 Å². The second-order valence-corrected chi connectivity index (χ2v) is 9.23. The topological polar surface area (TPSA) is 142 Å². The van der Waals surface area contributed by atoms with E-state index in [9.17, 15) is 14.4 Å². The number of para-hydroxylation sites is 2. The van der Waals surface area contributed by atoms with Crippen LogP contribution in [0.2, 0.25) is 0 Å². The van der Waals surface area contributed by atoms with Crippen LogP contribution in [-0.2, 0) is 17.6 Å². The second-order valence-electron chi connectivity index (χ2n) is 9.23. The van der Waals surface area contributed by atoms with Crippen LogP contribution in [0.25, 0.3) is 11.0 Å². The first-order valence-corrected chi connectivity index (χ1v) is 11.6. The van der Waals surface area contributed by atoms with Gasteiger partial charge in [0.15, 0.2) is 5.78 Å². The van der Waals surface area contributed by atoms with E-state index in [2.05, 4.69) is 30.6 Å². The minimum atomic E-state index is -0.577. The Morgan fingerprint density at radius 1 is 1.00 bits per heavy atom. The predicted molar refractivity (Wildman–Crippen MR) is 135 cm³/mol. The Hall–Kier alpha value is -4.47. The molecule has 0 fully saturated rings. The fourth-order valence-electron chi connectivity index (χ4n) is 3.70. The number of fused-ring (bicyclic) bond motifs is 1. The maximum Gasteiger partial charge on any atom is 0.407 e. The Morgan fingerprint density at radius 3 is 2.47 bits per heavy atom. The third-order valence-corrected chi connectivity index (χ3v) is 5.28. The molecular formula is C26H28N6O4. The molecule has 0 aliphatic rings. The van der Waals surface area contributed by atoms with E-state index in [4.69, 9.17) is 4.74 Å². The number of nitrogens with zero attached hydrogens (tertiary/aromatic N) is 2. The molecule has 0 bridgehead atoms. The molecule has 2 aromatic heterocycles. The number of aromatic amines is 2. The summed E-state index contributed by atoms with van der Waals surface area (Å²) in [5.41, 5.74) is 2.73. The standard InChI is InChI=1S/C26H28N6O4/c1-26(2,3)36-25(35)27-13-12-16-8-4-5-9-17(16)14-20(33)21-22(29-15-28-21)23(34)32-24-30-18-10-6-7-11-19(18)31-24/h4-11,15H,12-14H2,1-3H3,(H,27,35)(H,28,29)(H2,30,31,32,34). The molecule has 4 N–H and O–H groups in total. The van der Waals surface area contributed by atoms with Gasteiger partial charge in [-0.1, -0.05) is 36.4 Å². The maximum absolute atomic E-state index is 13.1. The van der Waals surface area contributed by atoms with Crippen LogP contribution in [0.15, 0.2) is 54.9 Å². The molecule has 0 unspecified atom stereocenters. The van der Waals surface area contributed by atoms with Crippen molar-refractivity contribution in [1.29, 1.82) is 0 Å². The summed E-state index contributed by atoms with van der Waals surface area (Å²) in [5, 5.41) is 5.40. The number of hydrogen-bond donors (Lipinski definition) is 4. The number of rotatable bonds is 8. The monoisotopic (exact) mass is 488 g/mol. The zero-order chi connectivity index (χ0) is 25.7. The molecule has 36 heavy (non-hydrogen) atoms. The third-order valence-electron chi connectivity index (χ3n) is 5.28. The van der Waals surface area contributed by atoms with Gasteiger partial charge in [0, 0.05) is 13.0 Å². The Kier molecular flexibility index (Phi) is 7.14. The summed E-state index contributed by atoms with van der Waals surface area (Å²) in [4.78, 5) is 52.1. The Bertz CT molecular complexity index is 1370. The lowest BCUT2D eigenvalue weighted by atomic mass is 9.98. The first-order valence-electron chi connectivity index (χ1n) is 11.6. The van der Waals surface area contributed by atoms with Gasteiger partial charge in [-0.25, -0.2) is 14.8 Å². The average Bonchev–Trinajstić information content (AvgIpc) is 3.46. The van der Waals surface area contributed by atoms with Gasteiger partial charge in [0.05, 0.1) is 17.4 Å². The van der Waals surface area contributed by atoms with E-state index in [1.54, 1.807) is 20.8 Å². The summed E-state index contributed by atoms with van der Waals surface area (Å²) in [6.07, 6.45) is 1.39. The number of carbonyl (C=O) groups excluding carboxylic acids is 3. The number of benzene rings is 2. The van der Waals surface area contributed by atoms with E-state index < -0.39 is 17.6 Å². The van der Waals surface area contributed by atoms with Gasteiger partial charge in [-0.15, -0.1) is 0 Å². The highest BCUT2D eigenvalue weighted by Crippen LogP contribution is 2.17. The number of ketones is 1.